The van der Waals surface area contributed by atoms with Gasteiger partial charge in [0, 0.05) is 17.6 Å². The van der Waals surface area contributed by atoms with Crippen LogP contribution < -0.4 is 10.6 Å². The molecule has 1 saturated carbocycles. The summed E-state index contributed by atoms with van der Waals surface area (Å²) in [6.07, 6.45) is 6.60. The van der Waals surface area contributed by atoms with E-state index in [1.54, 1.807) is 6.20 Å². The predicted molar refractivity (Wildman–Crippen MR) is 110 cm³/mol. The number of thioether (sulfide) groups is 1. The van der Waals surface area contributed by atoms with Crippen LogP contribution in [0.5, 0.6) is 0 Å². The van der Waals surface area contributed by atoms with Gasteiger partial charge in [-0.25, -0.2) is 9.97 Å². The quantitative estimate of drug-likeness (QED) is 0.757. The fourth-order valence-electron chi connectivity index (χ4n) is 3.41. The summed E-state index contributed by atoms with van der Waals surface area (Å²) < 4.78 is 0. The molecule has 0 spiro atoms. The van der Waals surface area contributed by atoms with Crippen molar-refractivity contribution in [3.05, 3.63) is 63.8 Å². The van der Waals surface area contributed by atoms with Crippen molar-refractivity contribution in [1.29, 1.82) is 5.26 Å². The lowest BCUT2D eigenvalue weighted by atomic mass is 10.1. The molecule has 136 valence electrons. The molecule has 2 N–H and O–H groups in total. The van der Waals surface area contributed by atoms with Crippen LogP contribution in [0.15, 0.2) is 47.0 Å². The van der Waals surface area contributed by atoms with Crippen LogP contribution in [-0.4, -0.2) is 16.0 Å². The van der Waals surface area contributed by atoms with E-state index in [0.717, 1.165) is 34.7 Å². The predicted octanol–water partition coefficient (Wildman–Crippen LogP) is 4.67. The van der Waals surface area contributed by atoms with Crippen LogP contribution in [0.3, 0.4) is 0 Å². The van der Waals surface area contributed by atoms with Crippen LogP contribution in [0.4, 0.5) is 5.95 Å². The molecule has 1 aromatic heterocycles. The summed E-state index contributed by atoms with van der Waals surface area (Å²) in [6, 6.07) is 12.9. The third kappa shape index (κ3) is 3.83. The molecule has 2 aliphatic rings. The summed E-state index contributed by atoms with van der Waals surface area (Å²) in [4.78, 5) is 9.08. The van der Waals surface area contributed by atoms with Gasteiger partial charge in [-0.1, -0.05) is 54.9 Å². The molecule has 2 aromatic rings. The zero-order valence-electron chi connectivity index (χ0n) is 15.2. The fourth-order valence-corrected chi connectivity index (χ4v) is 4.27. The maximum Gasteiger partial charge on any atom is 0.223 e. The molecule has 27 heavy (non-hydrogen) atoms. The molecule has 5 nitrogen and oxygen atoms in total. The van der Waals surface area contributed by atoms with Gasteiger partial charge in [0.05, 0.1) is 16.4 Å². The summed E-state index contributed by atoms with van der Waals surface area (Å²) in [5.41, 5.74) is 4.23. The molecule has 0 radical (unpaired) electrons. The molecule has 0 bridgehead atoms. The number of benzene rings is 1. The Kier molecular flexibility index (Phi) is 5.12. The number of nitrogens with one attached hydrogen (secondary N) is 2. The second-order valence-electron chi connectivity index (χ2n) is 6.81. The van der Waals surface area contributed by atoms with Crippen LogP contribution in [0.1, 0.15) is 42.5 Å². The lowest BCUT2D eigenvalue weighted by Gasteiger charge is -2.14. The van der Waals surface area contributed by atoms with E-state index >= 15 is 0 Å². The molecule has 4 rings (SSSR count). The van der Waals surface area contributed by atoms with E-state index in [4.69, 9.17) is 0 Å². The van der Waals surface area contributed by atoms with E-state index in [-0.39, 0.29) is 0 Å². The lowest BCUT2D eigenvalue weighted by Crippen LogP contribution is -2.17. The lowest BCUT2D eigenvalue weighted by molar-refractivity contribution is 0.743. The number of nitrogens with zero attached hydrogens (tertiary/aromatic N) is 3. The largest absolute Gasteiger partial charge is 0.351 e. The average Bonchev–Trinajstić information content (AvgIpc) is 3.38. The van der Waals surface area contributed by atoms with Crippen LogP contribution in [0.2, 0.25) is 0 Å². The first-order chi connectivity index (χ1) is 13.2. The SMILES string of the molecule is Cc1cnc(NC2CCCC2)nc1C(C#N)=C1NC(c2ccccc2)=CS1. The number of aromatic nitrogens is 2. The Bertz CT molecular complexity index is 937. The molecule has 0 amide bonds. The minimum absolute atomic E-state index is 0.434. The third-order valence-electron chi connectivity index (χ3n) is 4.86. The second kappa shape index (κ2) is 7.85. The monoisotopic (exact) mass is 375 g/mol. The molecular formula is C21H21N5S. The highest BCUT2D eigenvalue weighted by molar-refractivity contribution is 8.06. The molecule has 2 heterocycles. The van der Waals surface area contributed by atoms with Crippen LogP contribution in [-0.2, 0) is 0 Å². The highest BCUT2D eigenvalue weighted by Crippen LogP contribution is 2.35. The number of aryl methyl sites for hydroxylation is 1. The van der Waals surface area contributed by atoms with Crippen LogP contribution >= 0.6 is 11.8 Å². The molecule has 0 saturated heterocycles. The van der Waals surface area contributed by atoms with Crippen LogP contribution in [0.25, 0.3) is 11.3 Å². The standard InChI is InChI=1S/C21H21N5S/c1-14-12-23-21(24-16-9-5-6-10-16)26-19(14)17(11-22)20-25-18(13-27-20)15-7-3-2-4-8-15/h2-4,7-8,12-13,16,25H,5-6,9-10H2,1H3,(H,23,24,26). The van der Waals surface area contributed by atoms with E-state index in [0.29, 0.717) is 23.3 Å². The van der Waals surface area contributed by atoms with E-state index in [9.17, 15) is 5.26 Å². The van der Waals surface area contributed by atoms with Gasteiger partial charge < -0.3 is 10.6 Å². The van der Waals surface area contributed by atoms with Crippen molar-refractivity contribution in [1.82, 2.24) is 15.3 Å². The van der Waals surface area contributed by atoms with E-state index in [2.05, 4.69) is 26.7 Å². The van der Waals surface area contributed by atoms with Crippen molar-refractivity contribution in [2.24, 2.45) is 0 Å². The van der Waals surface area contributed by atoms with Gasteiger partial charge in [0.15, 0.2) is 0 Å². The normalized spacial score (nSPS) is 18.6. The van der Waals surface area contributed by atoms with Gasteiger partial charge in [0.25, 0.3) is 0 Å². The average molecular weight is 376 g/mol. The van der Waals surface area contributed by atoms with E-state index in [1.807, 2.05) is 42.7 Å². The van der Waals surface area contributed by atoms with E-state index in [1.165, 1.54) is 24.6 Å². The molecule has 1 aromatic carbocycles. The molecule has 1 fully saturated rings. The molecule has 1 aliphatic carbocycles. The van der Waals surface area contributed by atoms with Gasteiger partial charge in [-0.2, -0.15) is 5.26 Å². The number of nitriles is 1. The van der Waals surface area contributed by atoms with Crippen LogP contribution in [0, 0.1) is 18.3 Å². The van der Waals surface area contributed by atoms with Gasteiger partial charge in [0.1, 0.15) is 11.6 Å². The molecule has 0 atom stereocenters. The minimum Gasteiger partial charge on any atom is -0.351 e. The van der Waals surface area contributed by atoms with Gasteiger partial charge in [0.2, 0.25) is 5.95 Å². The summed E-state index contributed by atoms with van der Waals surface area (Å²) in [7, 11) is 0. The Morgan fingerprint density at radius 1 is 1.26 bits per heavy atom. The fraction of sp³-hybridized carbons (Fsp3) is 0.286. The first-order valence-corrected chi connectivity index (χ1v) is 10.1. The van der Waals surface area contributed by atoms with Gasteiger partial charge in [-0.15, -0.1) is 0 Å². The Balaban J connectivity index is 1.61. The highest BCUT2D eigenvalue weighted by Gasteiger charge is 2.21. The van der Waals surface area contributed by atoms with Crippen molar-refractivity contribution in [2.75, 3.05) is 5.32 Å². The number of rotatable bonds is 4. The highest BCUT2D eigenvalue weighted by atomic mass is 32.2. The van der Waals surface area contributed by atoms with Crippen molar-refractivity contribution < 1.29 is 0 Å². The summed E-state index contributed by atoms with van der Waals surface area (Å²) in [6.45, 7) is 1.94. The Morgan fingerprint density at radius 2 is 2.04 bits per heavy atom. The summed E-state index contributed by atoms with van der Waals surface area (Å²) in [5, 5.41) is 19.5. The summed E-state index contributed by atoms with van der Waals surface area (Å²) in [5.74, 6) is 0.607. The number of anilines is 1. The number of hydrogen-bond acceptors (Lipinski definition) is 6. The Labute approximate surface area is 163 Å². The Morgan fingerprint density at radius 3 is 2.78 bits per heavy atom. The Hall–Kier alpha value is -2.78. The van der Waals surface area contributed by atoms with Crippen molar-refractivity contribution >= 4 is 29.0 Å². The first-order valence-electron chi connectivity index (χ1n) is 9.19. The van der Waals surface area contributed by atoms with Gasteiger partial charge >= 0.3 is 0 Å². The smallest absolute Gasteiger partial charge is 0.223 e. The minimum atomic E-state index is 0.434. The van der Waals surface area contributed by atoms with Gasteiger partial charge in [-0.05, 0) is 30.9 Å². The molecule has 6 heteroatoms. The molecule has 1 aliphatic heterocycles. The zero-order chi connectivity index (χ0) is 18.6. The topological polar surface area (TPSA) is 73.6 Å². The molecule has 0 unspecified atom stereocenters. The number of hydrogen-bond donors (Lipinski definition) is 2. The van der Waals surface area contributed by atoms with E-state index < -0.39 is 0 Å². The van der Waals surface area contributed by atoms with Crippen molar-refractivity contribution in [3.8, 4) is 6.07 Å². The third-order valence-corrected chi connectivity index (χ3v) is 5.76. The summed E-state index contributed by atoms with van der Waals surface area (Å²) >= 11 is 1.52. The first kappa shape index (κ1) is 17.6. The second-order valence-corrected chi connectivity index (χ2v) is 7.69. The maximum atomic E-state index is 9.83. The van der Waals surface area contributed by atoms with Gasteiger partial charge in [-0.3, -0.25) is 0 Å². The van der Waals surface area contributed by atoms with Crippen molar-refractivity contribution in [3.63, 3.8) is 0 Å². The number of allylic oxidation sites excluding steroid dienone is 1. The zero-order valence-corrected chi connectivity index (χ0v) is 16.0. The molecular weight excluding hydrogens is 354 g/mol. The maximum absolute atomic E-state index is 9.83. The van der Waals surface area contributed by atoms with Crippen molar-refractivity contribution in [2.45, 2.75) is 38.6 Å².